The van der Waals surface area contributed by atoms with Crippen LogP contribution < -0.4 is 5.32 Å². The Balaban J connectivity index is 1.53. The van der Waals surface area contributed by atoms with Crippen molar-refractivity contribution in [1.82, 2.24) is 20.6 Å². The summed E-state index contributed by atoms with van der Waals surface area (Å²) in [6.07, 6.45) is 1.44. The molecular weight excluding hydrogens is 398 g/mol. The van der Waals surface area contributed by atoms with Gasteiger partial charge in [-0.3, -0.25) is 4.79 Å². The lowest BCUT2D eigenvalue weighted by Gasteiger charge is -2.40. The zero-order valence-electron chi connectivity index (χ0n) is 18.0. The number of tetrazole rings is 1. The van der Waals surface area contributed by atoms with E-state index < -0.39 is 0 Å². The van der Waals surface area contributed by atoms with Crippen molar-refractivity contribution in [2.45, 2.75) is 32.7 Å². The van der Waals surface area contributed by atoms with Gasteiger partial charge in [-0.25, -0.2) is 0 Å². The lowest BCUT2D eigenvalue weighted by Crippen LogP contribution is -2.33. The first kappa shape index (κ1) is 18.9. The summed E-state index contributed by atoms with van der Waals surface area (Å²) >= 11 is 0. The molecule has 6 rings (SSSR count). The Morgan fingerprint density at radius 2 is 1.78 bits per heavy atom. The second-order valence-corrected chi connectivity index (χ2v) is 9.48. The highest BCUT2D eigenvalue weighted by atomic mass is 16.1. The minimum absolute atomic E-state index is 0.0610. The maximum atomic E-state index is 13.5. The van der Waals surface area contributed by atoms with Gasteiger partial charge in [0, 0.05) is 28.8 Å². The van der Waals surface area contributed by atoms with Crippen molar-refractivity contribution in [2.24, 2.45) is 5.41 Å². The molecule has 6 heteroatoms. The van der Waals surface area contributed by atoms with Crippen molar-refractivity contribution in [3.05, 3.63) is 77.4 Å². The summed E-state index contributed by atoms with van der Waals surface area (Å²) in [6.45, 7) is 4.38. The lowest BCUT2D eigenvalue weighted by molar-refractivity contribution is -0.118. The Bertz CT molecular complexity index is 1380. The number of carbonyl (C=O) groups excluding carboxylic acids is 1. The minimum atomic E-state index is -0.179. The van der Waals surface area contributed by atoms with E-state index in [9.17, 15) is 4.79 Å². The van der Waals surface area contributed by atoms with Gasteiger partial charge < -0.3 is 5.32 Å². The van der Waals surface area contributed by atoms with Gasteiger partial charge >= 0.3 is 0 Å². The van der Waals surface area contributed by atoms with Crippen LogP contribution in [-0.4, -0.2) is 26.4 Å². The first-order valence-corrected chi connectivity index (χ1v) is 10.9. The molecule has 3 aromatic carbocycles. The molecule has 6 nitrogen and oxygen atoms in total. The Hall–Kier alpha value is -3.80. The molecular formula is C26H23N5O. The smallest absolute Gasteiger partial charge is 0.204 e. The molecule has 1 atom stereocenters. The van der Waals surface area contributed by atoms with Crippen molar-refractivity contribution in [2.75, 3.05) is 5.32 Å². The highest BCUT2D eigenvalue weighted by Gasteiger charge is 2.40. The third-order valence-electron chi connectivity index (χ3n) is 6.59. The summed E-state index contributed by atoms with van der Waals surface area (Å²) in [6, 6.07) is 20.6. The monoisotopic (exact) mass is 421 g/mol. The number of aromatic nitrogens is 4. The van der Waals surface area contributed by atoms with Gasteiger partial charge in [0.2, 0.25) is 5.82 Å². The fraction of sp³-hybridized carbons (Fsp3) is 0.231. The fourth-order valence-electron chi connectivity index (χ4n) is 5.20. The van der Waals surface area contributed by atoms with E-state index >= 15 is 0 Å². The zero-order valence-corrected chi connectivity index (χ0v) is 18.0. The number of hydrogen-bond donors (Lipinski definition) is 2. The molecule has 0 amide bonds. The van der Waals surface area contributed by atoms with Crippen molar-refractivity contribution in [3.63, 3.8) is 0 Å². The molecule has 2 N–H and O–H groups in total. The van der Waals surface area contributed by atoms with Gasteiger partial charge in [0.05, 0.1) is 6.04 Å². The maximum Gasteiger partial charge on any atom is 0.204 e. The van der Waals surface area contributed by atoms with Crippen LogP contribution in [0.3, 0.4) is 0 Å². The average Bonchev–Trinajstić information content (AvgIpc) is 3.32. The van der Waals surface area contributed by atoms with Crippen LogP contribution in [0.1, 0.15) is 43.9 Å². The van der Waals surface area contributed by atoms with Crippen LogP contribution >= 0.6 is 0 Å². The molecule has 0 saturated carbocycles. The van der Waals surface area contributed by atoms with Gasteiger partial charge in [-0.15, -0.1) is 10.2 Å². The van der Waals surface area contributed by atoms with Gasteiger partial charge in [0.15, 0.2) is 5.78 Å². The van der Waals surface area contributed by atoms with Crippen LogP contribution in [0.15, 0.2) is 66.2 Å². The predicted octanol–water partition coefficient (Wildman–Crippen LogP) is 5.33. The molecule has 32 heavy (non-hydrogen) atoms. The van der Waals surface area contributed by atoms with Crippen LogP contribution in [-0.2, 0) is 4.79 Å². The normalized spacial score (nSPS) is 19.4. The van der Waals surface area contributed by atoms with E-state index in [1.165, 1.54) is 21.9 Å². The molecule has 1 aromatic heterocycles. The Labute approximate surface area is 185 Å². The fourth-order valence-corrected chi connectivity index (χ4v) is 5.20. The molecule has 0 saturated heterocycles. The summed E-state index contributed by atoms with van der Waals surface area (Å²) < 4.78 is 0. The molecule has 1 aliphatic heterocycles. The minimum Gasteiger partial charge on any atom is -0.373 e. The predicted molar refractivity (Wildman–Crippen MR) is 125 cm³/mol. The summed E-state index contributed by atoms with van der Waals surface area (Å²) in [4.78, 5) is 13.5. The number of fused-ring (bicyclic) bond motifs is 4. The number of allylic oxidation sites excluding steroid dienone is 1. The number of Topliss-reactive ketones (excluding diaryl/α,β-unsaturated/α-hetero) is 1. The number of carbonyl (C=O) groups is 1. The standard InChI is InChI=1S/C26H23N5O/c1-26(2)13-19-22-18-6-4-3-5-15(18)11-12-20(22)27-24(23(19)21(32)14-26)16-7-9-17(10-8-16)25-28-30-31-29-25/h3-12,24,27H,13-14H2,1-2H3,(H,28,29,30,31)/t24-/m0/s1. The van der Waals surface area contributed by atoms with Gasteiger partial charge in [0.1, 0.15) is 0 Å². The maximum absolute atomic E-state index is 13.5. The summed E-state index contributed by atoms with van der Waals surface area (Å²) in [5.41, 5.74) is 6.23. The highest BCUT2D eigenvalue weighted by Crippen LogP contribution is 2.52. The third-order valence-corrected chi connectivity index (χ3v) is 6.59. The topological polar surface area (TPSA) is 83.6 Å². The molecule has 0 radical (unpaired) electrons. The van der Waals surface area contributed by atoms with Crippen molar-refractivity contribution >= 4 is 27.8 Å². The first-order chi connectivity index (χ1) is 15.5. The lowest BCUT2D eigenvalue weighted by atomic mass is 9.68. The summed E-state index contributed by atoms with van der Waals surface area (Å²) in [5, 5.41) is 20.3. The van der Waals surface area contributed by atoms with E-state index in [1.807, 2.05) is 24.3 Å². The molecule has 2 heterocycles. The van der Waals surface area contributed by atoms with Crippen LogP contribution in [0.5, 0.6) is 0 Å². The van der Waals surface area contributed by atoms with Crippen molar-refractivity contribution < 1.29 is 4.79 Å². The van der Waals surface area contributed by atoms with E-state index in [2.05, 4.69) is 76.2 Å². The molecule has 0 fully saturated rings. The molecule has 2 aliphatic rings. The van der Waals surface area contributed by atoms with E-state index in [0.29, 0.717) is 12.2 Å². The second kappa shape index (κ2) is 6.85. The van der Waals surface area contributed by atoms with E-state index in [1.54, 1.807) is 0 Å². The second-order valence-electron chi connectivity index (χ2n) is 9.48. The van der Waals surface area contributed by atoms with Gasteiger partial charge in [-0.1, -0.05) is 68.4 Å². The number of anilines is 1. The molecule has 0 unspecified atom stereocenters. The molecule has 0 bridgehead atoms. The van der Waals surface area contributed by atoms with Crippen LogP contribution in [0.2, 0.25) is 0 Å². The molecule has 1 aliphatic carbocycles. The first-order valence-electron chi connectivity index (χ1n) is 10.9. The molecule has 0 spiro atoms. The highest BCUT2D eigenvalue weighted by molar-refractivity contribution is 6.12. The van der Waals surface area contributed by atoms with Crippen LogP contribution in [0, 0.1) is 5.41 Å². The number of ketones is 1. The number of hydrogen-bond acceptors (Lipinski definition) is 5. The van der Waals surface area contributed by atoms with E-state index in [0.717, 1.165) is 28.8 Å². The SMILES string of the molecule is CC1(C)CC(=O)C2=C(C1)c1c(ccc3ccccc13)N[C@H]2c1ccc(-c2nn[nH]n2)cc1. The number of H-pyrrole nitrogens is 1. The zero-order chi connectivity index (χ0) is 21.9. The van der Waals surface area contributed by atoms with Crippen molar-refractivity contribution in [1.29, 1.82) is 0 Å². The van der Waals surface area contributed by atoms with E-state index in [4.69, 9.17) is 0 Å². The summed E-state index contributed by atoms with van der Waals surface area (Å²) in [5.74, 6) is 0.787. The van der Waals surface area contributed by atoms with Crippen LogP contribution in [0.25, 0.3) is 27.7 Å². The van der Waals surface area contributed by atoms with Crippen molar-refractivity contribution in [3.8, 4) is 11.4 Å². The average molecular weight is 422 g/mol. The number of aromatic amines is 1. The third kappa shape index (κ3) is 2.94. The summed E-state index contributed by atoms with van der Waals surface area (Å²) in [7, 11) is 0. The molecule has 4 aromatic rings. The number of nitrogens with one attached hydrogen (secondary N) is 2. The van der Waals surface area contributed by atoms with Gasteiger partial charge in [-0.05, 0) is 45.0 Å². The Kier molecular flexibility index (Phi) is 4.05. The number of nitrogens with zero attached hydrogens (tertiary/aromatic N) is 3. The number of rotatable bonds is 2. The Morgan fingerprint density at radius 1 is 0.969 bits per heavy atom. The van der Waals surface area contributed by atoms with Gasteiger partial charge in [-0.2, -0.15) is 5.21 Å². The number of benzene rings is 3. The Morgan fingerprint density at radius 3 is 2.56 bits per heavy atom. The largest absolute Gasteiger partial charge is 0.373 e. The van der Waals surface area contributed by atoms with Crippen LogP contribution in [0.4, 0.5) is 5.69 Å². The van der Waals surface area contributed by atoms with E-state index in [-0.39, 0.29) is 17.2 Å². The molecule has 158 valence electrons. The van der Waals surface area contributed by atoms with Gasteiger partial charge in [0.25, 0.3) is 0 Å². The quantitative estimate of drug-likeness (QED) is 0.457.